The first-order valence-corrected chi connectivity index (χ1v) is 18.2. The average Bonchev–Trinajstić information content (AvgIpc) is 3.09. The molecule has 1 aliphatic carbocycles. The van der Waals surface area contributed by atoms with Gasteiger partial charge in [-0.05, 0) is 42.7 Å². The smallest absolute Gasteiger partial charge is 0.325 e. The molecule has 3 amide bonds. The fraction of sp³-hybridized carbons (Fsp3) is 0.590. The molecule has 1 saturated carbocycles. The third-order valence-corrected chi connectivity index (χ3v) is 8.85. The molecule has 2 aliphatic rings. The van der Waals surface area contributed by atoms with Crippen LogP contribution in [0.5, 0.6) is 5.75 Å². The molecule has 4 rings (SSSR count). The number of nitrogens with one attached hydrogen (secondary N) is 2. The van der Waals surface area contributed by atoms with Crippen LogP contribution in [0.25, 0.3) is 0 Å². The van der Waals surface area contributed by atoms with Crippen molar-refractivity contribution in [2.24, 2.45) is 10.4 Å². The van der Waals surface area contributed by atoms with Gasteiger partial charge >= 0.3 is 12.0 Å². The first kappa shape index (κ1) is 37.7. The van der Waals surface area contributed by atoms with Gasteiger partial charge in [-0.3, -0.25) is 14.9 Å². The van der Waals surface area contributed by atoms with E-state index in [-0.39, 0.29) is 30.4 Å². The van der Waals surface area contributed by atoms with Crippen LogP contribution in [0.1, 0.15) is 109 Å². The van der Waals surface area contributed by atoms with Crippen LogP contribution in [0.3, 0.4) is 0 Å². The molecule has 0 spiro atoms. The number of nitrogens with zero attached hydrogens (tertiary/aromatic N) is 3. The monoisotopic (exact) mass is 675 g/mol. The predicted molar refractivity (Wildman–Crippen MR) is 194 cm³/mol. The number of guanidine groups is 1. The number of carbonyl (C=O) groups excluding carboxylic acids is 3. The Kier molecular flexibility index (Phi) is 14.8. The summed E-state index contributed by atoms with van der Waals surface area (Å²) < 4.78 is 11.8. The van der Waals surface area contributed by atoms with Crippen LogP contribution >= 0.6 is 0 Å². The van der Waals surface area contributed by atoms with Crippen LogP contribution in [-0.4, -0.2) is 66.0 Å². The second-order valence-corrected chi connectivity index (χ2v) is 14.5. The minimum Gasteiger partial charge on any atom is -0.491 e. The number of amides is 3. The second kappa shape index (κ2) is 19.2. The van der Waals surface area contributed by atoms with E-state index in [4.69, 9.17) is 14.5 Å². The lowest BCUT2D eigenvalue weighted by molar-refractivity contribution is -0.146. The Hall–Kier alpha value is -4.08. The van der Waals surface area contributed by atoms with Gasteiger partial charge in [0.1, 0.15) is 18.0 Å². The SMILES string of the molecule is CCCCCCN(C(=O)CCCOc1cccc2c1N=C(NC(=O)NCc1ccccc1)N(CC(=O)OCC(C)(C)C)C2)C1CCCCC1. The maximum absolute atomic E-state index is 13.4. The molecule has 1 fully saturated rings. The lowest BCUT2D eigenvalue weighted by atomic mass is 9.93. The molecule has 2 aromatic carbocycles. The quantitative estimate of drug-likeness (QED) is 0.141. The highest BCUT2D eigenvalue weighted by Crippen LogP contribution is 2.35. The lowest BCUT2D eigenvalue weighted by Crippen LogP contribution is -2.50. The second-order valence-electron chi connectivity index (χ2n) is 14.5. The molecule has 268 valence electrons. The van der Waals surface area contributed by atoms with E-state index in [0.717, 1.165) is 43.4 Å². The number of ether oxygens (including phenoxy) is 2. The Balaban J connectivity index is 1.40. The Morgan fingerprint density at radius 2 is 1.73 bits per heavy atom. The van der Waals surface area contributed by atoms with E-state index in [0.29, 0.717) is 50.0 Å². The van der Waals surface area contributed by atoms with Gasteiger partial charge in [-0.1, -0.05) is 109 Å². The Bertz CT molecular complexity index is 1380. The number of para-hydroxylation sites is 1. The number of hydrogen-bond donors (Lipinski definition) is 2. The molecule has 0 aromatic heterocycles. The van der Waals surface area contributed by atoms with Crippen molar-refractivity contribution < 1.29 is 23.9 Å². The summed E-state index contributed by atoms with van der Waals surface area (Å²) in [6, 6.07) is 15.3. The fourth-order valence-electron chi connectivity index (χ4n) is 6.22. The molecule has 2 N–H and O–H groups in total. The van der Waals surface area contributed by atoms with Crippen molar-refractivity contribution in [2.45, 2.75) is 117 Å². The van der Waals surface area contributed by atoms with Gasteiger partial charge in [0.15, 0.2) is 0 Å². The number of carbonyl (C=O) groups is 3. The van der Waals surface area contributed by atoms with Crippen molar-refractivity contribution >= 4 is 29.6 Å². The van der Waals surface area contributed by atoms with Gasteiger partial charge in [-0.15, -0.1) is 0 Å². The molecule has 49 heavy (non-hydrogen) atoms. The topological polar surface area (TPSA) is 113 Å². The van der Waals surface area contributed by atoms with Gasteiger partial charge in [0.2, 0.25) is 11.9 Å². The Morgan fingerprint density at radius 3 is 2.47 bits per heavy atom. The van der Waals surface area contributed by atoms with Crippen LogP contribution < -0.4 is 15.4 Å². The van der Waals surface area contributed by atoms with Crippen molar-refractivity contribution in [3.63, 3.8) is 0 Å². The first-order chi connectivity index (χ1) is 23.6. The minimum atomic E-state index is -0.437. The predicted octanol–water partition coefficient (Wildman–Crippen LogP) is 7.48. The summed E-state index contributed by atoms with van der Waals surface area (Å²) in [4.78, 5) is 47.9. The highest BCUT2D eigenvalue weighted by atomic mass is 16.5. The molecular formula is C39H57N5O5. The minimum absolute atomic E-state index is 0.0730. The zero-order valence-electron chi connectivity index (χ0n) is 30.1. The summed E-state index contributed by atoms with van der Waals surface area (Å²) in [5, 5.41) is 5.71. The molecular weight excluding hydrogens is 618 g/mol. The zero-order chi connectivity index (χ0) is 35.1. The Morgan fingerprint density at radius 1 is 0.959 bits per heavy atom. The fourth-order valence-corrected chi connectivity index (χ4v) is 6.22. The van der Waals surface area contributed by atoms with Crippen LogP contribution in [0.2, 0.25) is 0 Å². The molecule has 0 unspecified atom stereocenters. The Labute approximate surface area is 293 Å². The van der Waals surface area contributed by atoms with Gasteiger partial charge in [0.05, 0.1) is 13.2 Å². The van der Waals surface area contributed by atoms with Crippen LogP contribution in [0.15, 0.2) is 53.5 Å². The third kappa shape index (κ3) is 12.7. The maximum atomic E-state index is 13.4. The summed E-state index contributed by atoms with van der Waals surface area (Å²) >= 11 is 0. The van der Waals surface area contributed by atoms with E-state index in [9.17, 15) is 14.4 Å². The van der Waals surface area contributed by atoms with Crippen molar-refractivity contribution in [3.05, 3.63) is 59.7 Å². The molecule has 10 heteroatoms. The molecule has 1 heterocycles. The number of esters is 1. The van der Waals surface area contributed by atoms with E-state index < -0.39 is 12.0 Å². The summed E-state index contributed by atoms with van der Waals surface area (Å²) in [6.45, 7) is 10.3. The van der Waals surface area contributed by atoms with Crippen molar-refractivity contribution in [1.82, 2.24) is 20.4 Å². The van der Waals surface area contributed by atoms with Crippen molar-refractivity contribution in [1.29, 1.82) is 0 Å². The van der Waals surface area contributed by atoms with Crippen molar-refractivity contribution in [2.75, 3.05) is 26.3 Å². The van der Waals surface area contributed by atoms with Gasteiger partial charge in [-0.2, -0.15) is 0 Å². The maximum Gasteiger partial charge on any atom is 0.325 e. The number of hydrogen-bond acceptors (Lipinski definition) is 7. The third-order valence-electron chi connectivity index (χ3n) is 8.85. The highest BCUT2D eigenvalue weighted by Gasteiger charge is 2.28. The summed E-state index contributed by atoms with van der Waals surface area (Å²) in [7, 11) is 0. The summed E-state index contributed by atoms with van der Waals surface area (Å²) in [5.74, 6) is 0.639. The van der Waals surface area contributed by atoms with Crippen LogP contribution in [-0.2, 0) is 27.4 Å². The first-order valence-electron chi connectivity index (χ1n) is 18.2. The number of aliphatic imine (C=N–C) groups is 1. The van der Waals surface area contributed by atoms with Gasteiger partial charge < -0.3 is 24.6 Å². The van der Waals surface area contributed by atoms with Crippen LogP contribution in [0.4, 0.5) is 10.5 Å². The van der Waals surface area contributed by atoms with E-state index in [1.165, 1.54) is 32.1 Å². The molecule has 0 saturated heterocycles. The van der Waals surface area contributed by atoms with E-state index in [1.807, 2.05) is 69.3 Å². The molecule has 0 bridgehead atoms. The standard InChI is InChI=1S/C39H57N5O5/c1-5-6-7-14-24-44(32-20-12-9-13-21-32)34(45)23-16-25-48-33-22-15-19-31-27-43(28-35(46)49-29-39(2,3)4)37(41-36(31)33)42-38(47)40-26-30-17-10-8-11-18-30/h8,10-11,15,17-19,22,32H,5-7,9,12-14,16,20-21,23-29H2,1-4H3,(H2,40,41,42,47). The summed E-state index contributed by atoms with van der Waals surface area (Å²) in [5.41, 5.74) is 2.26. The van der Waals surface area contributed by atoms with Gasteiger partial charge in [0, 0.05) is 37.7 Å². The largest absolute Gasteiger partial charge is 0.491 e. The lowest BCUT2D eigenvalue weighted by Gasteiger charge is -2.34. The van der Waals surface area contributed by atoms with E-state index in [2.05, 4.69) is 22.5 Å². The zero-order valence-corrected chi connectivity index (χ0v) is 30.1. The molecule has 0 atom stereocenters. The van der Waals surface area contributed by atoms with Gasteiger partial charge in [0.25, 0.3) is 0 Å². The summed E-state index contributed by atoms with van der Waals surface area (Å²) in [6.07, 6.45) is 11.5. The molecule has 1 aliphatic heterocycles. The molecule has 2 aromatic rings. The number of rotatable bonds is 16. The van der Waals surface area contributed by atoms with Gasteiger partial charge in [-0.25, -0.2) is 9.79 Å². The van der Waals surface area contributed by atoms with E-state index in [1.54, 1.807) is 4.90 Å². The molecule has 0 radical (unpaired) electrons. The average molecular weight is 676 g/mol. The van der Waals surface area contributed by atoms with Crippen molar-refractivity contribution in [3.8, 4) is 5.75 Å². The number of fused-ring (bicyclic) bond motifs is 1. The normalized spacial score (nSPS) is 14.8. The van der Waals surface area contributed by atoms with Crippen LogP contribution in [0, 0.1) is 5.41 Å². The number of benzene rings is 2. The number of urea groups is 1. The van der Waals surface area contributed by atoms with E-state index >= 15 is 0 Å². The highest BCUT2D eigenvalue weighted by molar-refractivity contribution is 5.99. The molecule has 10 nitrogen and oxygen atoms in total. The number of unbranched alkanes of at least 4 members (excludes halogenated alkanes) is 3.